The van der Waals surface area contributed by atoms with E-state index in [1.165, 1.54) is 0 Å². The maximum Gasteiger partial charge on any atom is 0.122 e. The molecule has 0 heterocycles. The van der Waals surface area contributed by atoms with E-state index in [-0.39, 0.29) is 0 Å². The number of hydrogen-bond donors (Lipinski definition) is 1. The summed E-state index contributed by atoms with van der Waals surface area (Å²) in [5.74, 6) is 0.924. The highest BCUT2D eigenvalue weighted by Gasteiger charge is 2.04. The zero-order chi connectivity index (χ0) is 11.3. The summed E-state index contributed by atoms with van der Waals surface area (Å²) < 4.78 is 5.63. The first-order valence-electron chi connectivity index (χ1n) is 5.56. The van der Waals surface area contributed by atoms with Crippen molar-refractivity contribution in [2.75, 3.05) is 6.61 Å². The molecule has 0 aliphatic heterocycles. The summed E-state index contributed by atoms with van der Waals surface area (Å²) in [6.07, 6.45) is 1.82. The van der Waals surface area contributed by atoms with Crippen LogP contribution in [0.15, 0.2) is 18.2 Å². The molecule has 0 amide bonds. The molecular weight excluding hydrogens is 188 g/mol. The molecule has 1 N–H and O–H groups in total. The Labute approximate surface area is 91.9 Å². The number of benzene rings is 1. The van der Waals surface area contributed by atoms with E-state index in [2.05, 4.69) is 6.92 Å². The molecule has 0 radical (unpaired) electrons. The molecule has 1 aromatic carbocycles. The van der Waals surface area contributed by atoms with Gasteiger partial charge in [0.2, 0.25) is 0 Å². The minimum absolute atomic E-state index is 0.409. The SMILES string of the molecule is CCCCOc1ccc([C@@H](C)O)cc1C. The molecule has 1 aromatic rings. The molecule has 0 aliphatic carbocycles. The largest absolute Gasteiger partial charge is 0.493 e. The van der Waals surface area contributed by atoms with Gasteiger partial charge in [0.1, 0.15) is 5.75 Å². The quantitative estimate of drug-likeness (QED) is 0.753. The number of aliphatic hydroxyl groups excluding tert-OH is 1. The highest BCUT2D eigenvalue weighted by Crippen LogP contribution is 2.22. The van der Waals surface area contributed by atoms with E-state index in [0.717, 1.165) is 36.3 Å². The molecule has 0 spiro atoms. The predicted octanol–water partition coefficient (Wildman–Crippen LogP) is 3.23. The average Bonchev–Trinajstić information content (AvgIpc) is 2.20. The van der Waals surface area contributed by atoms with Crippen LogP contribution in [-0.2, 0) is 0 Å². The summed E-state index contributed by atoms with van der Waals surface area (Å²) in [5, 5.41) is 9.41. The molecule has 0 unspecified atom stereocenters. The lowest BCUT2D eigenvalue weighted by atomic mass is 10.1. The van der Waals surface area contributed by atoms with Crippen LogP contribution in [0.25, 0.3) is 0 Å². The van der Waals surface area contributed by atoms with E-state index in [9.17, 15) is 5.11 Å². The van der Waals surface area contributed by atoms with Crippen molar-refractivity contribution in [3.05, 3.63) is 29.3 Å². The van der Waals surface area contributed by atoms with Gasteiger partial charge in [-0.25, -0.2) is 0 Å². The first kappa shape index (κ1) is 12.1. The van der Waals surface area contributed by atoms with E-state index in [1.54, 1.807) is 6.92 Å². The molecule has 84 valence electrons. The molecule has 0 fully saturated rings. The fourth-order valence-electron chi connectivity index (χ4n) is 1.42. The lowest BCUT2D eigenvalue weighted by molar-refractivity contribution is 0.199. The summed E-state index contributed by atoms with van der Waals surface area (Å²) in [5.41, 5.74) is 2.03. The Morgan fingerprint density at radius 2 is 2.13 bits per heavy atom. The van der Waals surface area contributed by atoms with Gasteiger partial charge in [0.05, 0.1) is 12.7 Å². The molecule has 2 heteroatoms. The number of aryl methyl sites for hydroxylation is 1. The molecule has 0 aromatic heterocycles. The second kappa shape index (κ2) is 5.76. The molecular formula is C13H20O2. The Kier molecular flexibility index (Phi) is 4.63. The average molecular weight is 208 g/mol. The van der Waals surface area contributed by atoms with E-state index in [4.69, 9.17) is 4.74 Å². The molecule has 1 rings (SSSR count). The van der Waals surface area contributed by atoms with Gasteiger partial charge >= 0.3 is 0 Å². The van der Waals surface area contributed by atoms with Gasteiger partial charge in [0, 0.05) is 0 Å². The van der Waals surface area contributed by atoms with Crippen molar-refractivity contribution < 1.29 is 9.84 Å². The fraction of sp³-hybridized carbons (Fsp3) is 0.538. The molecule has 0 saturated carbocycles. The van der Waals surface area contributed by atoms with Gasteiger partial charge in [-0.1, -0.05) is 19.4 Å². The molecule has 0 saturated heterocycles. The molecule has 0 bridgehead atoms. The van der Waals surface area contributed by atoms with Crippen LogP contribution in [0.3, 0.4) is 0 Å². The first-order chi connectivity index (χ1) is 7.15. The Balaban J connectivity index is 2.66. The minimum Gasteiger partial charge on any atom is -0.493 e. The van der Waals surface area contributed by atoms with Gasteiger partial charge < -0.3 is 9.84 Å². The van der Waals surface area contributed by atoms with E-state index < -0.39 is 6.10 Å². The van der Waals surface area contributed by atoms with Crippen LogP contribution in [0.5, 0.6) is 5.75 Å². The van der Waals surface area contributed by atoms with Gasteiger partial charge in [-0.15, -0.1) is 0 Å². The molecule has 15 heavy (non-hydrogen) atoms. The van der Waals surface area contributed by atoms with Gasteiger partial charge in [-0.2, -0.15) is 0 Å². The highest BCUT2D eigenvalue weighted by atomic mass is 16.5. The Bertz CT molecular complexity index is 305. The molecule has 2 nitrogen and oxygen atoms in total. The standard InChI is InChI=1S/C13H20O2/c1-4-5-8-15-13-7-6-12(11(3)14)9-10(13)2/h6-7,9,11,14H,4-5,8H2,1-3H3/t11-/m1/s1. The lowest BCUT2D eigenvalue weighted by Crippen LogP contribution is -1.99. The number of rotatable bonds is 5. The van der Waals surface area contributed by atoms with Crippen LogP contribution < -0.4 is 4.74 Å². The van der Waals surface area contributed by atoms with E-state index >= 15 is 0 Å². The Morgan fingerprint density at radius 1 is 1.40 bits per heavy atom. The van der Waals surface area contributed by atoms with Crippen molar-refractivity contribution in [2.45, 2.75) is 39.7 Å². The zero-order valence-electron chi connectivity index (χ0n) is 9.79. The number of ether oxygens (including phenoxy) is 1. The van der Waals surface area contributed by atoms with Gasteiger partial charge in [-0.05, 0) is 43.5 Å². The van der Waals surface area contributed by atoms with Crippen molar-refractivity contribution >= 4 is 0 Å². The van der Waals surface area contributed by atoms with Gasteiger partial charge in [-0.3, -0.25) is 0 Å². The van der Waals surface area contributed by atoms with Crippen LogP contribution in [0, 0.1) is 6.92 Å². The maximum absolute atomic E-state index is 9.41. The summed E-state index contributed by atoms with van der Waals surface area (Å²) in [7, 11) is 0. The zero-order valence-corrected chi connectivity index (χ0v) is 9.79. The third-order valence-electron chi connectivity index (χ3n) is 2.44. The van der Waals surface area contributed by atoms with Crippen molar-refractivity contribution in [3.8, 4) is 5.75 Å². The van der Waals surface area contributed by atoms with Crippen LogP contribution in [-0.4, -0.2) is 11.7 Å². The third-order valence-corrected chi connectivity index (χ3v) is 2.44. The third kappa shape index (κ3) is 3.56. The normalized spacial score (nSPS) is 12.5. The minimum atomic E-state index is -0.409. The Morgan fingerprint density at radius 3 is 2.67 bits per heavy atom. The van der Waals surface area contributed by atoms with Gasteiger partial charge in [0.15, 0.2) is 0 Å². The second-order valence-corrected chi connectivity index (χ2v) is 3.90. The van der Waals surface area contributed by atoms with Gasteiger partial charge in [0.25, 0.3) is 0 Å². The van der Waals surface area contributed by atoms with E-state index in [0.29, 0.717) is 0 Å². The topological polar surface area (TPSA) is 29.5 Å². The van der Waals surface area contributed by atoms with Crippen LogP contribution >= 0.6 is 0 Å². The van der Waals surface area contributed by atoms with Crippen LogP contribution in [0.1, 0.15) is 43.9 Å². The summed E-state index contributed by atoms with van der Waals surface area (Å²) in [6.45, 7) is 6.69. The predicted molar refractivity (Wildman–Crippen MR) is 62.2 cm³/mol. The van der Waals surface area contributed by atoms with Crippen molar-refractivity contribution in [2.24, 2.45) is 0 Å². The summed E-state index contributed by atoms with van der Waals surface area (Å²) in [4.78, 5) is 0. The second-order valence-electron chi connectivity index (χ2n) is 3.90. The molecule has 0 aliphatic rings. The van der Waals surface area contributed by atoms with Crippen molar-refractivity contribution in [1.82, 2.24) is 0 Å². The van der Waals surface area contributed by atoms with Crippen molar-refractivity contribution in [1.29, 1.82) is 0 Å². The van der Waals surface area contributed by atoms with E-state index in [1.807, 2.05) is 25.1 Å². The van der Waals surface area contributed by atoms with Crippen molar-refractivity contribution in [3.63, 3.8) is 0 Å². The number of hydrogen-bond acceptors (Lipinski definition) is 2. The lowest BCUT2D eigenvalue weighted by Gasteiger charge is -2.11. The monoisotopic (exact) mass is 208 g/mol. The fourth-order valence-corrected chi connectivity index (χ4v) is 1.42. The summed E-state index contributed by atoms with van der Waals surface area (Å²) in [6, 6.07) is 5.83. The van der Waals surface area contributed by atoms with Crippen LogP contribution in [0.4, 0.5) is 0 Å². The number of aliphatic hydroxyl groups is 1. The maximum atomic E-state index is 9.41. The summed E-state index contributed by atoms with van der Waals surface area (Å²) >= 11 is 0. The Hall–Kier alpha value is -1.02. The smallest absolute Gasteiger partial charge is 0.122 e. The first-order valence-corrected chi connectivity index (χ1v) is 5.56. The highest BCUT2D eigenvalue weighted by molar-refractivity contribution is 5.36. The molecule has 1 atom stereocenters. The number of unbranched alkanes of at least 4 members (excludes halogenated alkanes) is 1. The van der Waals surface area contributed by atoms with Crippen LogP contribution in [0.2, 0.25) is 0 Å².